The molecule has 2 N–H and O–H groups in total. The first-order valence-corrected chi connectivity index (χ1v) is 7.32. The van der Waals surface area contributed by atoms with Gasteiger partial charge in [-0.1, -0.05) is 0 Å². The summed E-state index contributed by atoms with van der Waals surface area (Å²) in [5.74, 6) is -0.313. The van der Waals surface area contributed by atoms with Crippen LogP contribution in [0.1, 0.15) is 31.0 Å². The quantitative estimate of drug-likeness (QED) is 0.860. The second-order valence-corrected chi connectivity index (χ2v) is 5.89. The molecule has 1 fully saturated rings. The van der Waals surface area contributed by atoms with Crippen LogP contribution >= 0.6 is 0 Å². The normalized spacial score (nSPS) is 21.6. The molecular weight excluding hydrogens is 255 g/mol. The van der Waals surface area contributed by atoms with Gasteiger partial charge in [-0.2, -0.15) is 0 Å². The molecule has 4 nitrogen and oxygen atoms in total. The maximum absolute atomic E-state index is 12.8. The van der Waals surface area contributed by atoms with Gasteiger partial charge in [0.15, 0.2) is 0 Å². The molecule has 20 heavy (non-hydrogen) atoms. The van der Waals surface area contributed by atoms with Crippen LogP contribution in [0, 0.1) is 5.82 Å². The lowest BCUT2D eigenvalue weighted by atomic mass is 10.1. The highest BCUT2D eigenvalue weighted by Crippen LogP contribution is 2.20. The molecule has 2 rings (SSSR count). The minimum Gasteiger partial charge on any atom is -0.323 e. The highest BCUT2D eigenvalue weighted by atomic mass is 19.1. The van der Waals surface area contributed by atoms with Crippen LogP contribution in [0.15, 0.2) is 18.3 Å². The molecule has 1 aromatic rings. The minimum atomic E-state index is -0.313. The highest BCUT2D eigenvalue weighted by Gasteiger charge is 2.25. The molecule has 2 unspecified atom stereocenters. The molecule has 2 heterocycles. The number of halogens is 1. The number of hydrogen-bond acceptors (Lipinski definition) is 4. The lowest BCUT2D eigenvalue weighted by molar-refractivity contribution is 0.202. The molecule has 0 radical (unpaired) electrons. The van der Waals surface area contributed by atoms with E-state index in [4.69, 9.17) is 5.73 Å². The van der Waals surface area contributed by atoms with E-state index in [1.807, 2.05) is 0 Å². The topological polar surface area (TPSA) is 45.4 Å². The van der Waals surface area contributed by atoms with Crippen molar-refractivity contribution >= 4 is 0 Å². The number of aromatic nitrogens is 1. The molecule has 0 saturated carbocycles. The van der Waals surface area contributed by atoms with E-state index in [1.165, 1.54) is 25.1 Å². The van der Waals surface area contributed by atoms with Crippen LogP contribution in [0.2, 0.25) is 0 Å². The van der Waals surface area contributed by atoms with Crippen LogP contribution in [0.25, 0.3) is 0 Å². The third-order valence-electron chi connectivity index (χ3n) is 3.93. The summed E-state index contributed by atoms with van der Waals surface area (Å²) < 4.78 is 12.8. The Morgan fingerprint density at radius 3 is 2.95 bits per heavy atom. The molecular formula is C15H25FN4. The van der Waals surface area contributed by atoms with Crippen molar-refractivity contribution in [2.24, 2.45) is 5.73 Å². The Bertz CT molecular complexity index is 407. The summed E-state index contributed by atoms with van der Waals surface area (Å²) in [7, 11) is 4.23. The van der Waals surface area contributed by atoms with Gasteiger partial charge < -0.3 is 10.6 Å². The van der Waals surface area contributed by atoms with E-state index in [0.717, 1.165) is 31.7 Å². The molecule has 1 aromatic heterocycles. The number of nitrogens with two attached hydrogens (primary N) is 1. The minimum absolute atomic E-state index is 0.115. The summed E-state index contributed by atoms with van der Waals surface area (Å²) in [5.41, 5.74) is 6.92. The number of likely N-dealkylation sites (tertiary alicyclic amines) is 1. The van der Waals surface area contributed by atoms with Gasteiger partial charge in [-0.3, -0.25) is 9.88 Å². The van der Waals surface area contributed by atoms with Crippen molar-refractivity contribution in [1.29, 1.82) is 0 Å². The molecule has 0 aliphatic carbocycles. The van der Waals surface area contributed by atoms with Crippen LogP contribution in [-0.2, 0) is 0 Å². The molecule has 1 aliphatic rings. The fourth-order valence-corrected chi connectivity index (χ4v) is 2.88. The molecule has 1 saturated heterocycles. The van der Waals surface area contributed by atoms with Gasteiger partial charge in [0.25, 0.3) is 0 Å². The van der Waals surface area contributed by atoms with E-state index in [0.29, 0.717) is 6.04 Å². The van der Waals surface area contributed by atoms with E-state index in [1.54, 1.807) is 6.07 Å². The largest absolute Gasteiger partial charge is 0.323 e. The second-order valence-electron chi connectivity index (χ2n) is 5.89. The number of nitrogens with zero attached hydrogens (tertiary/aromatic N) is 3. The Hall–Kier alpha value is -1.04. The van der Waals surface area contributed by atoms with E-state index in [2.05, 4.69) is 28.9 Å². The molecule has 5 heteroatoms. The molecule has 0 spiro atoms. The summed E-state index contributed by atoms with van der Waals surface area (Å²) in [5, 5.41) is 0. The Morgan fingerprint density at radius 2 is 2.30 bits per heavy atom. The molecule has 0 aromatic carbocycles. The van der Waals surface area contributed by atoms with E-state index >= 15 is 0 Å². The number of hydrogen-bond donors (Lipinski definition) is 1. The van der Waals surface area contributed by atoms with Crippen molar-refractivity contribution in [3.63, 3.8) is 0 Å². The molecule has 2 atom stereocenters. The van der Waals surface area contributed by atoms with Crippen molar-refractivity contribution in [2.45, 2.75) is 31.3 Å². The zero-order valence-corrected chi connectivity index (χ0v) is 12.4. The summed E-state index contributed by atoms with van der Waals surface area (Å²) in [6, 6.07) is 3.63. The van der Waals surface area contributed by atoms with Crippen LogP contribution in [0.3, 0.4) is 0 Å². The second kappa shape index (κ2) is 7.11. The van der Waals surface area contributed by atoms with Gasteiger partial charge in [-0.15, -0.1) is 0 Å². The molecule has 0 amide bonds. The SMILES string of the molecule is CN(C)CC1CCCN1CCC(N)c1ccc(F)cn1. The fourth-order valence-electron chi connectivity index (χ4n) is 2.88. The van der Waals surface area contributed by atoms with Gasteiger partial charge >= 0.3 is 0 Å². The van der Waals surface area contributed by atoms with Crippen molar-refractivity contribution in [3.8, 4) is 0 Å². The van der Waals surface area contributed by atoms with Crippen LogP contribution < -0.4 is 5.73 Å². The first-order chi connectivity index (χ1) is 9.56. The molecule has 112 valence electrons. The van der Waals surface area contributed by atoms with Gasteiger partial charge in [-0.25, -0.2) is 4.39 Å². The number of likely N-dealkylation sites (N-methyl/N-ethyl adjacent to an activating group) is 1. The molecule has 1 aliphatic heterocycles. The van der Waals surface area contributed by atoms with E-state index in [9.17, 15) is 4.39 Å². The van der Waals surface area contributed by atoms with Crippen molar-refractivity contribution in [3.05, 3.63) is 29.8 Å². The Balaban J connectivity index is 1.83. The first-order valence-electron chi connectivity index (χ1n) is 7.32. The average Bonchev–Trinajstić information content (AvgIpc) is 2.83. The highest BCUT2D eigenvalue weighted by molar-refractivity contribution is 5.09. The maximum atomic E-state index is 12.8. The zero-order valence-electron chi connectivity index (χ0n) is 12.4. The van der Waals surface area contributed by atoms with Gasteiger partial charge in [-0.05, 0) is 52.0 Å². The van der Waals surface area contributed by atoms with Crippen LogP contribution in [0.5, 0.6) is 0 Å². The number of rotatable bonds is 6. The van der Waals surface area contributed by atoms with Crippen molar-refractivity contribution in [1.82, 2.24) is 14.8 Å². The standard InChI is InChI=1S/C15H25FN4/c1-19(2)11-13-4-3-8-20(13)9-7-14(17)15-6-5-12(16)10-18-15/h5-6,10,13-14H,3-4,7-9,11,17H2,1-2H3. The predicted molar refractivity (Wildman–Crippen MR) is 78.9 cm³/mol. The van der Waals surface area contributed by atoms with E-state index < -0.39 is 0 Å². The Labute approximate surface area is 120 Å². The monoisotopic (exact) mass is 280 g/mol. The Morgan fingerprint density at radius 1 is 1.50 bits per heavy atom. The van der Waals surface area contributed by atoms with Gasteiger partial charge in [0, 0.05) is 25.2 Å². The van der Waals surface area contributed by atoms with Gasteiger partial charge in [0.2, 0.25) is 0 Å². The smallest absolute Gasteiger partial charge is 0.141 e. The van der Waals surface area contributed by atoms with E-state index in [-0.39, 0.29) is 11.9 Å². The lowest BCUT2D eigenvalue weighted by Crippen LogP contribution is -2.38. The third kappa shape index (κ3) is 4.23. The average molecular weight is 280 g/mol. The zero-order chi connectivity index (χ0) is 14.5. The summed E-state index contributed by atoms with van der Waals surface area (Å²) >= 11 is 0. The Kier molecular flexibility index (Phi) is 5.46. The van der Waals surface area contributed by atoms with Crippen molar-refractivity contribution in [2.75, 3.05) is 33.7 Å². The van der Waals surface area contributed by atoms with Crippen molar-refractivity contribution < 1.29 is 4.39 Å². The summed E-state index contributed by atoms with van der Waals surface area (Å²) in [4.78, 5) is 8.82. The fraction of sp³-hybridized carbons (Fsp3) is 0.667. The van der Waals surface area contributed by atoms with Crippen LogP contribution in [-0.4, -0.2) is 54.6 Å². The maximum Gasteiger partial charge on any atom is 0.141 e. The van der Waals surface area contributed by atoms with Gasteiger partial charge in [0.05, 0.1) is 11.9 Å². The lowest BCUT2D eigenvalue weighted by Gasteiger charge is -2.27. The summed E-state index contributed by atoms with van der Waals surface area (Å²) in [6.07, 6.45) is 4.63. The van der Waals surface area contributed by atoms with Gasteiger partial charge in [0.1, 0.15) is 5.82 Å². The van der Waals surface area contributed by atoms with Crippen LogP contribution in [0.4, 0.5) is 4.39 Å². The summed E-state index contributed by atoms with van der Waals surface area (Å²) in [6.45, 7) is 3.24. The number of pyridine rings is 1. The first kappa shape index (κ1) is 15.4. The predicted octanol–water partition coefficient (Wildman–Crippen LogP) is 1.64. The molecule has 0 bridgehead atoms. The third-order valence-corrected chi connectivity index (χ3v) is 3.93.